The molecule has 1 aliphatic rings. The lowest BCUT2D eigenvalue weighted by Gasteiger charge is -2.35. The van der Waals surface area contributed by atoms with E-state index in [9.17, 15) is 4.79 Å². The zero-order valence-corrected chi connectivity index (χ0v) is 19.5. The van der Waals surface area contributed by atoms with Gasteiger partial charge in [0.2, 0.25) is 0 Å². The molecule has 0 unspecified atom stereocenters. The van der Waals surface area contributed by atoms with Gasteiger partial charge in [-0.15, -0.1) is 10.2 Å². The first-order valence-corrected chi connectivity index (χ1v) is 11.2. The maximum absolute atomic E-state index is 12.6. The van der Waals surface area contributed by atoms with Crippen molar-refractivity contribution in [1.29, 1.82) is 0 Å². The summed E-state index contributed by atoms with van der Waals surface area (Å²) >= 11 is 12.2. The molecule has 1 fully saturated rings. The zero-order valence-electron chi connectivity index (χ0n) is 18.0. The number of nitrogens with zero attached hydrogens (tertiary/aromatic N) is 4. The number of aromatic nitrogens is 2. The molecule has 8 heteroatoms. The Morgan fingerprint density at radius 1 is 0.938 bits per heavy atom. The lowest BCUT2D eigenvalue weighted by atomic mass is 10.1. The van der Waals surface area contributed by atoms with Crippen LogP contribution in [0.4, 0.5) is 5.82 Å². The van der Waals surface area contributed by atoms with Crippen LogP contribution in [-0.2, 0) is 4.79 Å². The van der Waals surface area contributed by atoms with E-state index in [2.05, 4.69) is 22.0 Å². The number of hydrogen-bond donors (Lipinski definition) is 0. The number of aryl methyl sites for hydroxylation is 2. The molecule has 1 aliphatic heterocycles. The summed E-state index contributed by atoms with van der Waals surface area (Å²) in [5, 5.41) is 9.80. The monoisotopic (exact) mass is 470 g/mol. The first-order chi connectivity index (χ1) is 15.4. The summed E-state index contributed by atoms with van der Waals surface area (Å²) < 4.78 is 5.69. The molecule has 0 saturated carbocycles. The quantitative estimate of drug-likeness (QED) is 0.536. The van der Waals surface area contributed by atoms with Crippen LogP contribution >= 0.6 is 23.2 Å². The number of piperazine rings is 1. The lowest BCUT2D eigenvalue weighted by molar-refractivity contribution is -0.133. The molecule has 2 aromatic carbocycles. The number of benzene rings is 2. The summed E-state index contributed by atoms with van der Waals surface area (Å²) in [6, 6.07) is 15.0. The molecular weight excluding hydrogens is 447 g/mol. The molecule has 166 valence electrons. The van der Waals surface area contributed by atoms with Crippen molar-refractivity contribution in [1.82, 2.24) is 15.1 Å². The maximum Gasteiger partial charge on any atom is 0.260 e. The fraction of sp³-hybridized carbons (Fsp3) is 0.292. The average Bonchev–Trinajstić information content (AvgIpc) is 2.80. The van der Waals surface area contributed by atoms with Gasteiger partial charge in [-0.2, -0.15) is 0 Å². The van der Waals surface area contributed by atoms with Gasteiger partial charge >= 0.3 is 0 Å². The van der Waals surface area contributed by atoms with Gasteiger partial charge in [-0.3, -0.25) is 4.79 Å². The number of hydrogen-bond acceptors (Lipinski definition) is 5. The van der Waals surface area contributed by atoms with E-state index in [1.165, 1.54) is 5.56 Å². The van der Waals surface area contributed by atoms with Crippen LogP contribution in [-0.4, -0.2) is 53.8 Å². The Balaban J connectivity index is 1.31. The highest BCUT2D eigenvalue weighted by Gasteiger charge is 2.22. The number of carbonyl (C=O) groups excluding carboxylic acids is 1. The molecule has 32 heavy (non-hydrogen) atoms. The van der Waals surface area contributed by atoms with E-state index in [0.717, 1.165) is 22.7 Å². The number of ether oxygens (including phenoxy) is 1. The Labute approximate surface area is 197 Å². The van der Waals surface area contributed by atoms with E-state index >= 15 is 0 Å². The van der Waals surface area contributed by atoms with Crippen molar-refractivity contribution in [3.8, 4) is 17.0 Å². The molecule has 1 amide bonds. The molecule has 0 aliphatic carbocycles. The third-order valence-corrected chi connectivity index (χ3v) is 6.20. The van der Waals surface area contributed by atoms with Crippen LogP contribution in [0.25, 0.3) is 11.3 Å². The van der Waals surface area contributed by atoms with E-state index < -0.39 is 0 Å². The van der Waals surface area contributed by atoms with Crippen molar-refractivity contribution in [2.45, 2.75) is 13.8 Å². The largest absolute Gasteiger partial charge is 0.484 e. The van der Waals surface area contributed by atoms with Crippen LogP contribution in [0.15, 0.2) is 48.5 Å². The van der Waals surface area contributed by atoms with Gasteiger partial charge in [-0.1, -0.05) is 29.3 Å². The van der Waals surface area contributed by atoms with E-state index in [-0.39, 0.29) is 12.5 Å². The topological polar surface area (TPSA) is 58.6 Å². The normalized spacial score (nSPS) is 13.9. The summed E-state index contributed by atoms with van der Waals surface area (Å²) in [7, 11) is 0. The highest BCUT2D eigenvalue weighted by atomic mass is 35.5. The molecule has 4 rings (SSSR count). The number of rotatable bonds is 5. The first-order valence-electron chi connectivity index (χ1n) is 10.4. The van der Waals surface area contributed by atoms with Crippen LogP contribution in [0.1, 0.15) is 11.1 Å². The summed E-state index contributed by atoms with van der Waals surface area (Å²) in [5.74, 6) is 1.48. The van der Waals surface area contributed by atoms with E-state index in [1.807, 2.05) is 48.2 Å². The molecule has 0 bridgehead atoms. The molecule has 0 N–H and O–H groups in total. The number of anilines is 1. The predicted octanol–water partition coefficient (Wildman–Crippen LogP) is 4.79. The Morgan fingerprint density at radius 3 is 2.38 bits per heavy atom. The summed E-state index contributed by atoms with van der Waals surface area (Å²) in [6.07, 6.45) is 0. The van der Waals surface area contributed by atoms with Crippen molar-refractivity contribution < 1.29 is 9.53 Å². The summed E-state index contributed by atoms with van der Waals surface area (Å²) in [6.45, 7) is 6.72. The van der Waals surface area contributed by atoms with Crippen molar-refractivity contribution in [3.05, 3.63) is 69.7 Å². The SMILES string of the molecule is Cc1ccc(OCC(=O)N2CCN(c3ccc(-c4ccc(Cl)cc4Cl)nn3)CC2)cc1C. The molecule has 0 radical (unpaired) electrons. The van der Waals surface area contributed by atoms with Gasteiger partial charge in [0, 0.05) is 36.8 Å². The van der Waals surface area contributed by atoms with Crippen molar-refractivity contribution in [3.63, 3.8) is 0 Å². The van der Waals surface area contributed by atoms with Gasteiger partial charge in [0.1, 0.15) is 5.75 Å². The van der Waals surface area contributed by atoms with Crippen LogP contribution < -0.4 is 9.64 Å². The molecule has 0 spiro atoms. The summed E-state index contributed by atoms with van der Waals surface area (Å²) in [4.78, 5) is 16.5. The van der Waals surface area contributed by atoms with Crippen molar-refractivity contribution in [2.24, 2.45) is 0 Å². The third-order valence-electron chi connectivity index (χ3n) is 5.65. The fourth-order valence-electron chi connectivity index (χ4n) is 3.56. The number of halogens is 2. The van der Waals surface area contributed by atoms with Gasteiger partial charge in [-0.25, -0.2) is 0 Å². The maximum atomic E-state index is 12.6. The standard InChI is InChI=1S/C24H24Cl2N4O2/c1-16-3-5-19(13-17(16)2)32-15-24(31)30-11-9-29(10-12-30)23-8-7-22(27-28-23)20-6-4-18(25)14-21(20)26/h3-8,13-14H,9-12,15H2,1-2H3. The molecule has 6 nitrogen and oxygen atoms in total. The average molecular weight is 471 g/mol. The van der Waals surface area contributed by atoms with Gasteiger partial charge in [0.05, 0.1) is 10.7 Å². The van der Waals surface area contributed by atoms with E-state index in [1.54, 1.807) is 12.1 Å². The Kier molecular flexibility index (Phi) is 6.82. The van der Waals surface area contributed by atoms with Gasteiger partial charge in [0.15, 0.2) is 12.4 Å². The Hall–Kier alpha value is -2.83. The fourth-order valence-corrected chi connectivity index (χ4v) is 4.07. The van der Waals surface area contributed by atoms with Gasteiger partial charge in [0.25, 0.3) is 5.91 Å². The van der Waals surface area contributed by atoms with Crippen LogP contribution in [0.3, 0.4) is 0 Å². The minimum Gasteiger partial charge on any atom is -0.484 e. The molecule has 0 atom stereocenters. The zero-order chi connectivity index (χ0) is 22.7. The van der Waals surface area contributed by atoms with Gasteiger partial charge in [-0.05, 0) is 67.4 Å². The lowest BCUT2D eigenvalue weighted by Crippen LogP contribution is -2.50. The highest BCUT2D eigenvalue weighted by Crippen LogP contribution is 2.29. The second kappa shape index (κ2) is 9.76. The minimum absolute atomic E-state index is 0.0123. The molecule has 1 aromatic heterocycles. The smallest absolute Gasteiger partial charge is 0.260 e. The molecule has 1 saturated heterocycles. The van der Waals surface area contributed by atoms with Crippen molar-refractivity contribution in [2.75, 3.05) is 37.7 Å². The van der Waals surface area contributed by atoms with E-state index in [4.69, 9.17) is 27.9 Å². The third kappa shape index (κ3) is 5.14. The second-order valence-electron chi connectivity index (χ2n) is 7.80. The summed E-state index contributed by atoms with van der Waals surface area (Å²) in [5.41, 5.74) is 3.82. The number of amides is 1. The predicted molar refractivity (Wildman–Crippen MR) is 128 cm³/mol. The Morgan fingerprint density at radius 2 is 1.72 bits per heavy atom. The van der Waals surface area contributed by atoms with Gasteiger partial charge < -0.3 is 14.5 Å². The number of carbonyl (C=O) groups is 1. The van der Waals surface area contributed by atoms with E-state index in [0.29, 0.717) is 41.9 Å². The molecule has 2 heterocycles. The van der Waals surface area contributed by atoms with Crippen molar-refractivity contribution >= 4 is 34.9 Å². The Bertz CT molecular complexity index is 1110. The molecule has 3 aromatic rings. The second-order valence-corrected chi connectivity index (χ2v) is 8.65. The minimum atomic E-state index is -0.0123. The van der Waals surface area contributed by atoms with Crippen LogP contribution in [0.2, 0.25) is 10.0 Å². The highest BCUT2D eigenvalue weighted by molar-refractivity contribution is 6.36. The first kappa shape index (κ1) is 22.4. The van der Waals surface area contributed by atoms with Crippen LogP contribution in [0.5, 0.6) is 5.75 Å². The molecular formula is C24H24Cl2N4O2. The van der Waals surface area contributed by atoms with Crippen LogP contribution in [0, 0.1) is 13.8 Å².